The monoisotopic (exact) mass is 255 g/mol. The summed E-state index contributed by atoms with van der Waals surface area (Å²) in [7, 11) is 0. The van der Waals surface area contributed by atoms with Crippen LogP contribution in [0.2, 0.25) is 0 Å². The summed E-state index contributed by atoms with van der Waals surface area (Å²) in [5, 5.41) is 0. The summed E-state index contributed by atoms with van der Waals surface area (Å²) in [4.78, 5) is 15.7. The van der Waals surface area contributed by atoms with Gasteiger partial charge in [-0.15, -0.1) is 0 Å². The number of fused-ring (bicyclic) bond motifs is 1. The zero-order valence-corrected chi connectivity index (χ0v) is 10.6. The number of ether oxygens (including phenoxy) is 2. The van der Waals surface area contributed by atoms with Crippen molar-refractivity contribution in [3.05, 3.63) is 58.9 Å². The molecular weight excluding hydrogens is 242 g/mol. The zero-order valence-electron chi connectivity index (χ0n) is 10.6. The first-order valence-corrected chi connectivity index (χ1v) is 6.08. The second kappa shape index (κ2) is 4.72. The largest absolute Gasteiger partial charge is 0.487 e. The van der Waals surface area contributed by atoms with Gasteiger partial charge in [0, 0.05) is 11.8 Å². The number of benzene rings is 1. The highest BCUT2D eigenvalue weighted by atomic mass is 16.5. The molecule has 0 unspecified atom stereocenters. The molecule has 96 valence electrons. The van der Waals surface area contributed by atoms with E-state index in [1.165, 1.54) is 0 Å². The van der Waals surface area contributed by atoms with Crippen LogP contribution in [0.15, 0.2) is 36.5 Å². The van der Waals surface area contributed by atoms with Crippen molar-refractivity contribution in [3.63, 3.8) is 0 Å². The third-order valence-electron chi connectivity index (χ3n) is 3.11. The van der Waals surface area contributed by atoms with Crippen molar-refractivity contribution >= 4 is 5.97 Å². The average Bonchev–Trinajstić information content (AvgIpc) is 2.81. The van der Waals surface area contributed by atoms with Crippen LogP contribution in [0, 0.1) is 6.92 Å². The first-order valence-electron chi connectivity index (χ1n) is 6.08. The van der Waals surface area contributed by atoms with Crippen molar-refractivity contribution < 1.29 is 14.3 Å². The predicted molar refractivity (Wildman–Crippen MR) is 68.9 cm³/mol. The Bertz CT molecular complexity index is 623. The van der Waals surface area contributed by atoms with Gasteiger partial charge >= 0.3 is 5.97 Å². The molecule has 0 spiro atoms. The van der Waals surface area contributed by atoms with Crippen molar-refractivity contribution in [1.29, 1.82) is 0 Å². The molecule has 2 heterocycles. The normalized spacial score (nSPS) is 13.0. The van der Waals surface area contributed by atoms with Crippen molar-refractivity contribution in [3.8, 4) is 5.75 Å². The molecule has 0 saturated heterocycles. The van der Waals surface area contributed by atoms with E-state index in [2.05, 4.69) is 4.98 Å². The number of carbonyl (C=O) groups is 1. The van der Waals surface area contributed by atoms with Crippen LogP contribution in [0.3, 0.4) is 0 Å². The number of esters is 1. The maximum absolute atomic E-state index is 11.5. The second-order valence-corrected chi connectivity index (χ2v) is 4.42. The highest BCUT2D eigenvalue weighted by Crippen LogP contribution is 2.31. The van der Waals surface area contributed by atoms with E-state index in [0.29, 0.717) is 17.9 Å². The van der Waals surface area contributed by atoms with E-state index in [-0.39, 0.29) is 12.6 Å². The number of nitrogens with zero attached hydrogens (tertiary/aromatic N) is 1. The van der Waals surface area contributed by atoms with Crippen LogP contribution in [0.4, 0.5) is 0 Å². The van der Waals surface area contributed by atoms with Gasteiger partial charge in [-0.05, 0) is 12.5 Å². The van der Waals surface area contributed by atoms with Crippen molar-refractivity contribution in [2.75, 3.05) is 0 Å². The number of hydrogen-bond donors (Lipinski definition) is 0. The minimum atomic E-state index is -0.327. The predicted octanol–water partition coefficient (Wildman–Crippen LogP) is 2.64. The first kappa shape index (κ1) is 11.7. The molecule has 0 N–H and O–H groups in total. The highest BCUT2D eigenvalue weighted by Gasteiger charge is 2.26. The molecule has 3 rings (SSSR count). The molecule has 0 aliphatic carbocycles. The fraction of sp³-hybridized carbons (Fsp3) is 0.200. The Hall–Kier alpha value is -2.36. The van der Waals surface area contributed by atoms with Crippen LogP contribution in [0.5, 0.6) is 5.75 Å². The van der Waals surface area contributed by atoms with Crippen LogP contribution in [-0.4, -0.2) is 11.0 Å². The Balaban J connectivity index is 1.87. The summed E-state index contributed by atoms with van der Waals surface area (Å²) < 4.78 is 10.8. The molecule has 0 bridgehead atoms. The van der Waals surface area contributed by atoms with Crippen LogP contribution >= 0.6 is 0 Å². The topological polar surface area (TPSA) is 48.4 Å². The molecule has 1 aromatic carbocycles. The lowest BCUT2D eigenvalue weighted by atomic mass is 10.1. The summed E-state index contributed by atoms with van der Waals surface area (Å²) in [6.07, 6.45) is 1.55. The summed E-state index contributed by atoms with van der Waals surface area (Å²) >= 11 is 0. The number of carbonyl (C=O) groups excluding carboxylic acids is 1. The van der Waals surface area contributed by atoms with Gasteiger partial charge < -0.3 is 9.47 Å². The van der Waals surface area contributed by atoms with Gasteiger partial charge in [0.1, 0.15) is 19.0 Å². The van der Waals surface area contributed by atoms with E-state index >= 15 is 0 Å². The fourth-order valence-electron chi connectivity index (χ4n) is 2.09. The average molecular weight is 255 g/mol. The molecule has 0 radical (unpaired) electrons. The maximum Gasteiger partial charge on any atom is 0.340 e. The summed E-state index contributed by atoms with van der Waals surface area (Å²) in [5.41, 5.74) is 3.15. The molecule has 0 fully saturated rings. The highest BCUT2D eigenvalue weighted by molar-refractivity contribution is 5.93. The smallest absolute Gasteiger partial charge is 0.340 e. The fourth-order valence-corrected chi connectivity index (χ4v) is 2.09. The molecule has 1 aliphatic rings. The van der Waals surface area contributed by atoms with Crippen molar-refractivity contribution in [2.45, 2.75) is 20.1 Å². The number of hydrogen-bond acceptors (Lipinski definition) is 4. The third kappa shape index (κ3) is 2.17. The Morgan fingerprint density at radius 3 is 2.89 bits per heavy atom. The van der Waals surface area contributed by atoms with Gasteiger partial charge in [0.05, 0.1) is 11.3 Å². The number of rotatable bonds is 3. The Kier molecular flexibility index (Phi) is 2.91. The molecule has 4 nitrogen and oxygen atoms in total. The van der Waals surface area contributed by atoms with Gasteiger partial charge in [-0.2, -0.15) is 0 Å². The third-order valence-corrected chi connectivity index (χ3v) is 3.11. The number of aryl methyl sites for hydroxylation is 1. The van der Waals surface area contributed by atoms with Gasteiger partial charge in [-0.25, -0.2) is 4.79 Å². The lowest BCUT2D eigenvalue weighted by Gasteiger charge is -2.11. The lowest BCUT2D eigenvalue weighted by Crippen LogP contribution is -2.03. The van der Waals surface area contributed by atoms with E-state index in [1.54, 1.807) is 6.20 Å². The molecule has 19 heavy (non-hydrogen) atoms. The van der Waals surface area contributed by atoms with E-state index in [1.807, 2.05) is 37.3 Å². The molecular formula is C15H13NO3. The van der Waals surface area contributed by atoms with E-state index in [0.717, 1.165) is 16.8 Å². The Morgan fingerprint density at radius 1 is 1.32 bits per heavy atom. The van der Waals surface area contributed by atoms with E-state index < -0.39 is 0 Å². The van der Waals surface area contributed by atoms with Crippen LogP contribution in [-0.2, 0) is 18.0 Å². The number of pyridine rings is 1. The Morgan fingerprint density at radius 2 is 2.11 bits per heavy atom. The van der Waals surface area contributed by atoms with Gasteiger partial charge in [0.15, 0.2) is 0 Å². The summed E-state index contributed by atoms with van der Waals surface area (Å²) in [5.74, 6) is 0.333. The van der Waals surface area contributed by atoms with Crippen molar-refractivity contribution in [2.24, 2.45) is 0 Å². The lowest BCUT2D eigenvalue weighted by molar-refractivity contribution is 0.0533. The molecule has 0 amide bonds. The van der Waals surface area contributed by atoms with Crippen LogP contribution in [0.1, 0.15) is 27.2 Å². The SMILES string of the molecule is Cc1ncc2c(c1OCc1ccccc1)COC2=O. The number of aromatic nitrogens is 1. The van der Waals surface area contributed by atoms with Gasteiger partial charge in [0.25, 0.3) is 0 Å². The molecule has 4 heteroatoms. The standard InChI is InChI=1S/C15H13NO3/c1-10-14(18-8-11-5-3-2-4-6-11)13-9-19-15(17)12(13)7-16-10/h2-7H,8-9H2,1H3. The molecule has 0 atom stereocenters. The van der Waals surface area contributed by atoms with Gasteiger partial charge in [0.2, 0.25) is 0 Å². The van der Waals surface area contributed by atoms with Crippen molar-refractivity contribution in [1.82, 2.24) is 4.98 Å². The van der Waals surface area contributed by atoms with E-state index in [4.69, 9.17) is 9.47 Å². The summed E-state index contributed by atoms with van der Waals surface area (Å²) in [6, 6.07) is 9.88. The van der Waals surface area contributed by atoms with Crippen LogP contribution < -0.4 is 4.74 Å². The zero-order chi connectivity index (χ0) is 13.2. The first-order chi connectivity index (χ1) is 9.25. The van der Waals surface area contributed by atoms with Gasteiger partial charge in [-0.1, -0.05) is 30.3 Å². The second-order valence-electron chi connectivity index (χ2n) is 4.42. The minimum absolute atomic E-state index is 0.266. The van der Waals surface area contributed by atoms with Gasteiger partial charge in [-0.3, -0.25) is 4.98 Å². The Labute approximate surface area is 111 Å². The number of cyclic esters (lactones) is 1. The molecule has 0 saturated carbocycles. The van der Waals surface area contributed by atoms with Crippen LogP contribution in [0.25, 0.3) is 0 Å². The minimum Gasteiger partial charge on any atom is -0.487 e. The molecule has 1 aliphatic heterocycles. The molecule has 2 aromatic rings. The maximum atomic E-state index is 11.5. The molecule has 1 aromatic heterocycles. The van der Waals surface area contributed by atoms with E-state index in [9.17, 15) is 4.79 Å². The quantitative estimate of drug-likeness (QED) is 0.791. The summed E-state index contributed by atoms with van der Waals surface area (Å²) in [6.45, 7) is 2.58.